The Labute approximate surface area is 102 Å². The van der Waals surface area contributed by atoms with Gasteiger partial charge in [-0.25, -0.2) is 0 Å². The lowest BCUT2D eigenvalue weighted by Crippen LogP contribution is -2.31. The Balaban J connectivity index is 2.34. The van der Waals surface area contributed by atoms with Gasteiger partial charge in [0.1, 0.15) is 0 Å². The number of alkyl halides is 1. The standard InChI is InChI=1S/C12H22BrNO/c1-3-5-6-10(4-2)8-14-9-11(13)7-12(14)15/h10-11H,3-9H2,1-2H3. The summed E-state index contributed by atoms with van der Waals surface area (Å²) in [4.78, 5) is 14.0. The van der Waals surface area contributed by atoms with Gasteiger partial charge in [-0.1, -0.05) is 49.0 Å². The molecule has 1 aliphatic rings. The molecule has 88 valence electrons. The molecule has 0 N–H and O–H groups in total. The number of rotatable bonds is 6. The number of halogens is 1. The molecule has 0 radical (unpaired) electrons. The van der Waals surface area contributed by atoms with Gasteiger partial charge in [0, 0.05) is 24.3 Å². The van der Waals surface area contributed by atoms with E-state index >= 15 is 0 Å². The zero-order valence-corrected chi connectivity index (χ0v) is 11.4. The van der Waals surface area contributed by atoms with Gasteiger partial charge in [-0.3, -0.25) is 4.79 Å². The van der Waals surface area contributed by atoms with Crippen molar-refractivity contribution in [2.45, 2.75) is 50.8 Å². The predicted octanol–water partition coefficient (Wildman–Crippen LogP) is 3.20. The van der Waals surface area contributed by atoms with E-state index in [1.54, 1.807) is 0 Å². The lowest BCUT2D eigenvalue weighted by molar-refractivity contribution is -0.128. The van der Waals surface area contributed by atoms with Crippen LogP contribution in [0.5, 0.6) is 0 Å². The van der Waals surface area contributed by atoms with Crippen LogP contribution in [0.2, 0.25) is 0 Å². The second-order valence-electron chi connectivity index (χ2n) is 4.52. The van der Waals surface area contributed by atoms with Crippen molar-refractivity contribution >= 4 is 21.8 Å². The molecule has 2 atom stereocenters. The van der Waals surface area contributed by atoms with Crippen LogP contribution in [-0.4, -0.2) is 28.7 Å². The highest BCUT2D eigenvalue weighted by molar-refractivity contribution is 9.09. The number of unbranched alkanes of at least 4 members (excludes halogenated alkanes) is 1. The van der Waals surface area contributed by atoms with E-state index in [1.165, 1.54) is 25.7 Å². The molecule has 0 spiro atoms. The second-order valence-corrected chi connectivity index (χ2v) is 5.81. The van der Waals surface area contributed by atoms with Crippen LogP contribution in [0, 0.1) is 5.92 Å². The Kier molecular flexibility index (Phi) is 5.65. The molecule has 3 heteroatoms. The van der Waals surface area contributed by atoms with E-state index in [0.717, 1.165) is 13.1 Å². The molecule has 1 saturated heterocycles. The van der Waals surface area contributed by atoms with Gasteiger partial charge in [-0.05, 0) is 12.3 Å². The monoisotopic (exact) mass is 275 g/mol. The van der Waals surface area contributed by atoms with Crippen LogP contribution in [0.4, 0.5) is 0 Å². The van der Waals surface area contributed by atoms with Crippen molar-refractivity contribution in [1.29, 1.82) is 0 Å². The van der Waals surface area contributed by atoms with Crippen LogP contribution >= 0.6 is 15.9 Å². The number of likely N-dealkylation sites (tertiary alicyclic amines) is 1. The maximum Gasteiger partial charge on any atom is 0.223 e. The fraction of sp³-hybridized carbons (Fsp3) is 0.917. The minimum absolute atomic E-state index is 0.326. The molecule has 0 aromatic rings. The molecule has 1 heterocycles. The molecular formula is C12H22BrNO. The molecule has 2 unspecified atom stereocenters. The zero-order valence-electron chi connectivity index (χ0n) is 9.84. The molecule has 0 saturated carbocycles. The van der Waals surface area contributed by atoms with Crippen molar-refractivity contribution in [1.82, 2.24) is 4.90 Å². The van der Waals surface area contributed by atoms with Crippen LogP contribution in [0.3, 0.4) is 0 Å². The van der Waals surface area contributed by atoms with Crippen LogP contribution in [0.25, 0.3) is 0 Å². The van der Waals surface area contributed by atoms with E-state index in [-0.39, 0.29) is 0 Å². The molecular weight excluding hydrogens is 254 g/mol. The van der Waals surface area contributed by atoms with Crippen molar-refractivity contribution in [3.8, 4) is 0 Å². The third-order valence-electron chi connectivity index (χ3n) is 3.19. The number of nitrogens with zero attached hydrogens (tertiary/aromatic N) is 1. The number of carbonyl (C=O) groups excluding carboxylic acids is 1. The van der Waals surface area contributed by atoms with Crippen LogP contribution in [0.1, 0.15) is 46.0 Å². The topological polar surface area (TPSA) is 20.3 Å². The largest absolute Gasteiger partial charge is 0.341 e. The maximum atomic E-state index is 11.6. The Morgan fingerprint density at radius 1 is 1.53 bits per heavy atom. The second kappa shape index (κ2) is 6.51. The molecule has 0 aliphatic carbocycles. The van der Waals surface area contributed by atoms with E-state index < -0.39 is 0 Å². The summed E-state index contributed by atoms with van der Waals surface area (Å²) in [6.45, 7) is 6.33. The molecule has 2 nitrogen and oxygen atoms in total. The minimum Gasteiger partial charge on any atom is -0.341 e. The quantitative estimate of drug-likeness (QED) is 0.682. The summed E-state index contributed by atoms with van der Waals surface area (Å²) in [5.74, 6) is 1.03. The summed E-state index contributed by atoms with van der Waals surface area (Å²) in [5.41, 5.74) is 0. The smallest absolute Gasteiger partial charge is 0.223 e. The minimum atomic E-state index is 0.326. The van der Waals surface area contributed by atoms with Gasteiger partial charge in [0.25, 0.3) is 0 Å². The van der Waals surface area contributed by atoms with Crippen LogP contribution in [-0.2, 0) is 4.79 Å². The van der Waals surface area contributed by atoms with Crippen molar-refractivity contribution in [3.05, 3.63) is 0 Å². The Morgan fingerprint density at radius 2 is 2.27 bits per heavy atom. The van der Waals surface area contributed by atoms with Gasteiger partial charge >= 0.3 is 0 Å². The van der Waals surface area contributed by atoms with E-state index in [2.05, 4.69) is 29.8 Å². The van der Waals surface area contributed by atoms with E-state index in [9.17, 15) is 4.79 Å². The Hall–Kier alpha value is -0.0500. The number of hydrogen-bond donors (Lipinski definition) is 0. The fourth-order valence-corrected chi connectivity index (χ4v) is 2.76. The molecule has 1 fully saturated rings. The number of carbonyl (C=O) groups is 1. The number of hydrogen-bond acceptors (Lipinski definition) is 1. The first-order valence-corrected chi connectivity index (χ1v) is 7.00. The highest BCUT2D eigenvalue weighted by atomic mass is 79.9. The normalized spacial score (nSPS) is 23.5. The van der Waals surface area contributed by atoms with E-state index in [4.69, 9.17) is 0 Å². The van der Waals surface area contributed by atoms with Gasteiger partial charge in [-0.15, -0.1) is 0 Å². The molecule has 1 amide bonds. The van der Waals surface area contributed by atoms with Crippen LogP contribution < -0.4 is 0 Å². The Morgan fingerprint density at radius 3 is 2.73 bits per heavy atom. The van der Waals surface area contributed by atoms with Gasteiger partial charge < -0.3 is 4.90 Å². The molecule has 0 bridgehead atoms. The summed E-state index contributed by atoms with van der Waals surface area (Å²) >= 11 is 3.52. The third kappa shape index (κ3) is 4.13. The molecule has 1 aliphatic heterocycles. The average Bonchev–Trinajstić information content (AvgIpc) is 2.52. The predicted molar refractivity (Wildman–Crippen MR) is 67.2 cm³/mol. The SMILES string of the molecule is CCCCC(CC)CN1CC(Br)CC1=O. The zero-order chi connectivity index (χ0) is 11.3. The van der Waals surface area contributed by atoms with E-state index in [0.29, 0.717) is 23.1 Å². The lowest BCUT2D eigenvalue weighted by Gasteiger charge is -2.22. The summed E-state index contributed by atoms with van der Waals surface area (Å²) in [6.07, 6.45) is 5.69. The third-order valence-corrected chi connectivity index (χ3v) is 3.80. The molecule has 0 aromatic heterocycles. The number of amides is 1. The summed E-state index contributed by atoms with van der Waals surface area (Å²) < 4.78 is 0. The van der Waals surface area contributed by atoms with Crippen molar-refractivity contribution < 1.29 is 4.79 Å². The van der Waals surface area contributed by atoms with Gasteiger partial charge in [0.15, 0.2) is 0 Å². The maximum absolute atomic E-state index is 11.6. The first kappa shape index (κ1) is 13.0. The fourth-order valence-electron chi connectivity index (χ4n) is 2.13. The summed E-state index contributed by atoms with van der Waals surface area (Å²) in [7, 11) is 0. The van der Waals surface area contributed by atoms with Crippen molar-refractivity contribution in [2.24, 2.45) is 5.92 Å². The van der Waals surface area contributed by atoms with Gasteiger partial charge in [0.05, 0.1) is 0 Å². The molecule has 15 heavy (non-hydrogen) atoms. The molecule has 1 rings (SSSR count). The van der Waals surface area contributed by atoms with E-state index in [1.807, 2.05) is 4.90 Å². The average molecular weight is 276 g/mol. The van der Waals surface area contributed by atoms with Gasteiger partial charge in [-0.2, -0.15) is 0 Å². The van der Waals surface area contributed by atoms with Crippen molar-refractivity contribution in [2.75, 3.05) is 13.1 Å². The summed E-state index contributed by atoms with van der Waals surface area (Å²) in [5, 5.41) is 0. The first-order valence-electron chi connectivity index (χ1n) is 6.09. The van der Waals surface area contributed by atoms with Crippen LogP contribution in [0.15, 0.2) is 0 Å². The Bertz CT molecular complexity index is 208. The lowest BCUT2D eigenvalue weighted by atomic mass is 9.99. The van der Waals surface area contributed by atoms with Gasteiger partial charge in [0.2, 0.25) is 5.91 Å². The highest BCUT2D eigenvalue weighted by Crippen LogP contribution is 2.22. The summed E-state index contributed by atoms with van der Waals surface area (Å²) in [6, 6.07) is 0. The molecule has 0 aromatic carbocycles. The highest BCUT2D eigenvalue weighted by Gasteiger charge is 2.28. The van der Waals surface area contributed by atoms with Crippen molar-refractivity contribution in [3.63, 3.8) is 0 Å². The first-order chi connectivity index (χ1) is 7.17.